The van der Waals surface area contributed by atoms with Crippen molar-refractivity contribution >= 4 is 12.0 Å². The SMILES string of the molecule is C[C@]12Cc3cnn(-c4ccc(F)cc4)c3C=C1CC[C@H]1C2=CC[C@@H](C(F)(F)F)[C@@H]1NC(=O)c1ccc(F)cc1. The molecule has 6 rings (SSSR count). The van der Waals surface area contributed by atoms with Crippen LogP contribution in [-0.4, -0.2) is 27.9 Å². The second-order valence-electron chi connectivity index (χ2n) is 10.8. The van der Waals surface area contributed by atoms with Gasteiger partial charge >= 0.3 is 6.18 Å². The molecule has 3 aromatic rings. The number of carbonyl (C=O) groups excluding carboxylic acids is 1. The number of benzene rings is 2. The average molecular weight is 540 g/mol. The summed E-state index contributed by atoms with van der Waals surface area (Å²) in [7, 11) is 0. The van der Waals surface area contributed by atoms with Crippen LogP contribution in [0.3, 0.4) is 0 Å². The molecule has 2 aromatic carbocycles. The zero-order valence-electron chi connectivity index (χ0n) is 21.1. The minimum atomic E-state index is -4.49. The summed E-state index contributed by atoms with van der Waals surface area (Å²) < 4.78 is 71.2. The maximum atomic E-state index is 14.2. The Labute approximate surface area is 222 Å². The lowest BCUT2D eigenvalue weighted by Gasteiger charge is -2.51. The summed E-state index contributed by atoms with van der Waals surface area (Å²) in [6.07, 6.45) is 2.42. The monoisotopic (exact) mass is 539 g/mol. The maximum absolute atomic E-state index is 14.2. The van der Waals surface area contributed by atoms with Crippen LogP contribution in [0.4, 0.5) is 22.0 Å². The third-order valence-electron chi connectivity index (χ3n) is 8.57. The van der Waals surface area contributed by atoms with Crippen LogP contribution in [0.1, 0.15) is 47.8 Å². The Morgan fingerprint density at radius 2 is 1.72 bits per heavy atom. The van der Waals surface area contributed by atoms with Gasteiger partial charge in [-0.25, -0.2) is 13.5 Å². The largest absolute Gasteiger partial charge is 0.394 e. The second kappa shape index (κ2) is 9.17. The molecule has 0 bridgehead atoms. The fraction of sp³-hybridized carbons (Fsp3) is 0.333. The van der Waals surface area contributed by atoms with Crippen molar-refractivity contribution in [2.75, 3.05) is 0 Å². The average Bonchev–Trinajstić information content (AvgIpc) is 3.29. The molecule has 39 heavy (non-hydrogen) atoms. The van der Waals surface area contributed by atoms with Gasteiger partial charge in [-0.1, -0.05) is 24.1 Å². The number of aromatic nitrogens is 2. The summed E-state index contributed by atoms with van der Waals surface area (Å²) in [5.41, 5.74) is 4.18. The fourth-order valence-electron chi connectivity index (χ4n) is 6.60. The Morgan fingerprint density at radius 3 is 2.38 bits per heavy atom. The molecule has 3 aliphatic rings. The first-order chi connectivity index (χ1) is 18.5. The number of alkyl halides is 3. The molecule has 4 nitrogen and oxygen atoms in total. The minimum Gasteiger partial charge on any atom is -0.348 e. The first kappa shape index (κ1) is 25.5. The molecule has 0 unspecified atom stereocenters. The standard InChI is InChI=1S/C30H26F5N3O/c1-29-15-18-16-36-38(22-9-7-21(32)8-10-22)26(18)14-19(29)4-11-23-24(29)12-13-25(30(33,34)35)27(23)37-28(39)17-2-5-20(31)6-3-17/h2-3,5-10,12,14,16,23,25,27H,4,11,13,15H2,1H3,(H,37,39)/t23-,25+,27+,29-/m0/s1. The molecule has 4 atom stereocenters. The number of hydrogen-bond acceptors (Lipinski definition) is 2. The molecule has 9 heteroatoms. The number of allylic oxidation sites excluding steroid dienone is 2. The van der Waals surface area contributed by atoms with Gasteiger partial charge in [-0.3, -0.25) is 4.79 Å². The van der Waals surface area contributed by atoms with Crippen molar-refractivity contribution in [2.24, 2.45) is 17.3 Å². The second-order valence-corrected chi connectivity index (χ2v) is 10.8. The predicted octanol–water partition coefficient (Wildman–Crippen LogP) is 6.81. The number of fused-ring (bicyclic) bond motifs is 4. The highest BCUT2D eigenvalue weighted by atomic mass is 19.4. The first-order valence-electron chi connectivity index (χ1n) is 12.9. The number of nitrogens with zero attached hydrogens (tertiary/aromatic N) is 2. The van der Waals surface area contributed by atoms with E-state index < -0.39 is 41.2 Å². The number of carbonyl (C=O) groups is 1. The molecule has 3 aliphatic carbocycles. The van der Waals surface area contributed by atoms with Crippen LogP contribution < -0.4 is 5.32 Å². The number of amides is 1. The molecular weight excluding hydrogens is 513 g/mol. The molecule has 1 aromatic heterocycles. The van der Waals surface area contributed by atoms with Gasteiger partial charge in [0, 0.05) is 22.9 Å². The Balaban J connectivity index is 1.34. The molecule has 0 aliphatic heterocycles. The van der Waals surface area contributed by atoms with E-state index in [4.69, 9.17) is 0 Å². The third-order valence-corrected chi connectivity index (χ3v) is 8.57. The maximum Gasteiger partial charge on any atom is 0.394 e. The van der Waals surface area contributed by atoms with E-state index >= 15 is 0 Å². The van der Waals surface area contributed by atoms with E-state index in [1.54, 1.807) is 29.1 Å². The summed E-state index contributed by atoms with van der Waals surface area (Å²) in [6, 6.07) is 9.71. The van der Waals surface area contributed by atoms with Crippen molar-refractivity contribution in [1.82, 2.24) is 15.1 Å². The number of hydrogen-bond donors (Lipinski definition) is 1. The van der Waals surface area contributed by atoms with Crippen molar-refractivity contribution in [3.8, 4) is 5.69 Å². The number of nitrogens with one attached hydrogen (secondary N) is 1. The summed E-state index contributed by atoms with van der Waals surface area (Å²) in [5.74, 6) is -3.72. The van der Waals surface area contributed by atoms with Crippen molar-refractivity contribution < 1.29 is 26.7 Å². The summed E-state index contributed by atoms with van der Waals surface area (Å²) in [5, 5.41) is 7.21. The van der Waals surface area contributed by atoms with Gasteiger partial charge in [0.05, 0.1) is 23.5 Å². The number of halogens is 5. The summed E-state index contributed by atoms with van der Waals surface area (Å²) >= 11 is 0. The van der Waals surface area contributed by atoms with Gasteiger partial charge in [0.25, 0.3) is 5.91 Å². The highest BCUT2D eigenvalue weighted by Crippen LogP contribution is 2.57. The van der Waals surface area contributed by atoms with Crippen LogP contribution in [0.15, 0.2) is 72.0 Å². The van der Waals surface area contributed by atoms with Crippen LogP contribution in [0.2, 0.25) is 0 Å². The van der Waals surface area contributed by atoms with Crippen molar-refractivity contribution in [1.29, 1.82) is 0 Å². The van der Waals surface area contributed by atoms with Gasteiger partial charge in [-0.2, -0.15) is 18.3 Å². The molecule has 1 heterocycles. The van der Waals surface area contributed by atoms with E-state index in [0.717, 1.165) is 40.2 Å². The van der Waals surface area contributed by atoms with E-state index in [2.05, 4.69) is 23.4 Å². The van der Waals surface area contributed by atoms with E-state index in [9.17, 15) is 26.7 Å². The lowest BCUT2D eigenvalue weighted by atomic mass is 9.55. The molecule has 0 spiro atoms. The molecule has 0 saturated heterocycles. The number of rotatable bonds is 3. The molecule has 1 saturated carbocycles. The van der Waals surface area contributed by atoms with Crippen molar-refractivity contribution in [3.05, 3.63) is 100 Å². The Morgan fingerprint density at radius 1 is 1.05 bits per heavy atom. The van der Waals surface area contributed by atoms with Crippen LogP contribution in [-0.2, 0) is 6.42 Å². The van der Waals surface area contributed by atoms with Gasteiger partial charge in [-0.15, -0.1) is 0 Å². The van der Waals surface area contributed by atoms with Crippen LogP contribution in [0.5, 0.6) is 0 Å². The third kappa shape index (κ3) is 4.37. The molecule has 202 valence electrons. The lowest BCUT2D eigenvalue weighted by molar-refractivity contribution is -0.186. The van der Waals surface area contributed by atoms with E-state index in [0.29, 0.717) is 19.3 Å². The van der Waals surface area contributed by atoms with E-state index in [1.165, 1.54) is 24.3 Å². The quantitative estimate of drug-likeness (QED) is 0.294. The van der Waals surface area contributed by atoms with Gasteiger partial charge in [-0.05, 0) is 85.9 Å². The summed E-state index contributed by atoms with van der Waals surface area (Å²) in [6.45, 7) is 2.06. The summed E-state index contributed by atoms with van der Waals surface area (Å²) in [4.78, 5) is 13.0. The van der Waals surface area contributed by atoms with Gasteiger partial charge < -0.3 is 5.32 Å². The van der Waals surface area contributed by atoms with Crippen molar-refractivity contribution in [3.63, 3.8) is 0 Å². The smallest absolute Gasteiger partial charge is 0.348 e. The van der Waals surface area contributed by atoms with E-state index in [-0.39, 0.29) is 17.8 Å². The molecule has 1 N–H and O–H groups in total. The molecular formula is C30H26F5N3O. The lowest BCUT2D eigenvalue weighted by Crippen LogP contribution is -2.55. The van der Waals surface area contributed by atoms with Crippen molar-refractivity contribution in [2.45, 2.75) is 44.8 Å². The Bertz CT molecular complexity index is 1490. The van der Waals surface area contributed by atoms with E-state index in [1.807, 2.05) is 0 Å². The Kier molecular flexibility index (Phi) is 6.00. The van der Waals surface area contributed by atoms with Crippen LogP contribution in [0, 0.1) is 28.9 Å². The molecule has 1 fully saturated rings. The highest BCUT2D eigenvalue weighted by Gasteiger charge is 2.54. The van der Waals surface area contributed by atoms with Gasteiger partial charge in [0.15, 0.2) is 0 Å². The zero-order chi connectivity index (χ0) is 27.5. The van der Waals surface area contributed by atoms with Crippen LogP contribution in [0.25, 0.3) is 11.8 Å². The van der Waals surface area contributed by atoms with Gasteiger partial charge in [0.1, 0.15) is 11.6 Å². The Hall–Kier alpha value is -3.75. The predicted molar refractivity (Wildman–Crippen MR) is 136 cm³/mol. The minimum absolute atomic E-state index is 0.117. The molecule has 0 radical (unpaired) electrons. The first-order valence-corrected chi connectivity index (χ1v) is 12.9. The van der Waals surface area contributed by atoms with Crippen LogP contribution >= 0.6 is 0 Å². The highest BCUT2D eigenvalue weighted by molar-refractivity contribution is 5.94. The van der Waals surface area contributed by atoms with Gasteiger partial charge in [0.2, 0.25) is 0 Å². The normalized spacial score (nSPS) is 26.1. The zero-order valence-corrected chi connectivity index (χ0v) is 21.1. The topological polar surface area (TPSA) is 46.9 Å². The fourth-order valence-corrected chi connectivity index (χ4v) is 6.60. The molecule has 1 amide bonds.